The number of methoxy groups -OCH3 is 2. The van der Waals surface area contributed by atoms with E-state index in [4.69, 9.17) is 19.2 Å². The van der Waals surface area contributed by atoms with Crippen LogP contribution in [0.4, 0.5) is 0 Å². The van der Waals surface area contributed by atoms with E-state index in [-0.39, 0.29) is 13.2 Å². The Balaban J connectivity index is 1.64. The molecule has 0 radical (unpaired) electrons. The third-order valence-electron chi connectivity index (χ3n) is 6.30. The van der Waals surface area contributed by atoms with E-state index in [9.17, 15) is 5.11 Å². The van der Waals surface area contributed by atoms with Gasteiger partial charge in [-0.1, -0.05) is 54.6 Å². The lowest BCUT2D eigenvalue weighted by atomic mass is 9.80. The largest absolute Gasteiger partial charge is 0.497 e. The Kier molecular flexibility index (Phi) is 7.78. The maximum absolute atomic E-state index is 9.68. The summed E-state index contributed by atoms with van der Waals surface area (Å²) in [7, 11) is 3.29. The minimum atomic E-state index is -0.986. The zero-order valence-corrected chi connectivity index (χ0v) is 22.0. The van der Waals surface area contributed by atoms with Crippen molar-refractivity contribution < 1.29 is 19.3 Å². The summed E-state index contributed by atoms with van der Waals surface area (Å²) in [4.78, 5) is 9.75. The molecule has 0 atom stereocenters. The van der Waals surface area contributed by atoms with Crippen LogP contribution >= 0.6 is 11.3 Å². The Morgan fingerprint density at radius 1 is 0.842 bits per heavy atom. The zero-order valence-electron chi connectivity index (χ0n) is 21.2. The van der Waals surface area contributed by atoms with Crippen LogP contribution < -0.4 is 9.47 Å². The van der Waals surface area contributed by atoms with E-state index in [1.54, 1.807) is 30.6 Å². The van der Waals surface area contributed by atoms with Crippen LogP contribution in [0.1, 0.15) is 22.5 Å². The van der Waals surface area contributed by atoms with Gasteiger partial charge in [0.2, 0.25) is 0 Å². The summed E-state index contributed by atoms with van der Waals surface area (Å²) in [6, 6.07) is 25.8. The zero-order chi connectivity index (χ0) is 26.4. The molecule has 9 heteroatoms. The van der Waals surface area contributed by atoms with Gasteiger partial charge in [0.05, 0.1) is 37.8 Å². The normalized spacial score (nSPS) is 11.4. The van der Waals surface area contributed by atoms with E-state index in [0.717, 1.165) is 33.1 Å². The van der Waals surface area contributed by atoms with Crippen molar-refractivity contribution in [1.29, 1.82) is 0 Å². The summed E-state index contributed by atoms with van der Waals surface area (Å²) in [5.74, 6) is 2.66. The van der Waals surface area contributed by atoms with Crippen molar-refractivity contribution >= 4 is 11.3 Å². The molecule has 3 aromatic carbocycles. The van der Waals surface area contributed by atoms with Gasteiger partial charge in [-0.3, -0.25) is 4.98 Å². The van der Waals surface area contributed by atoms with Crippen LogP contribution in [0.5, 0.6) is 11.5 Å². The number of rotatable bonds is 11. The Morgan fingerprint density at radius 2 is 1.45 bits per heavy atom. The second-order valence-corrected chi connectivity index (χ2v) is 9.34. The van der Waals surface area contributed by atoms with E-state index in [2.05, 4.69) is 22.2 Å². The fraction of sp³-hybridized carbons (Fsp3) is 0.207. The SMILES string of the molecule is COc1ccc(C(OCc2nc(-c3cncs3)nn2CCO)(c2ccccc2)c2ccc(OC)cc2)cc1. The van der Waals surface area contributed by atoms with Gasteiger partial charge in [0.1, 0.15) is 23.7 Å². The quantitative estimate of drug-likeness (QED) is 0.243. The first kappa shape index (κ1) is 25.6. The van der Waals surface area contributed by atoms with Crippen LogP contribution in [0.2, 0.25) is 0 Å². The highest BCUT2D eigenvalue weighted by atomic mass is 32.1. The molecule has 0 spiro atoms. The fourth-order valence-corrected chi connectivity index (χ4v) is 4.98. The van der Waals surface area contributed by atoms with Crippen LogP contribution in [0.3, 0.4) is 0 Å². The molecule has 0 fully saturated rings. The third-order valence-corrected chi connectivity index (χ3v) is 7.07. The number of aromatic nitrogens is 4. The van der Waals surface area contributed by atoms with E-state index in [1.807, 2.05) is 66.7 Å². The number of aliphatic hydroxyl groups excluding tert-OH is 1. The van der Waals surface area contributed by atoms with Gasteiger partial charge < -0.3 is 19.3 Å². The summed E-state index contributed by atoms with van der Waals surface area (Å²) in [6.07, 6.45) is 1.73. The van der Waals surface area contributed by atoms with Crippen molar-refractivity contribution in [3.63, 3.8) is 0 Å². The highest BCUT2D eigenvalue weighted by molar-refractivity contribution is 7.13. The van der Waals surface area contributed by atoms with Crippen molar-refractivity contribution in [1.82, 2.24) is 19.7 Å². The molecule has 0 aliphatic carbocycles. The van der Waals surface area contributed by atoms with Crippen molar-refractivity contribution in [3.05, 3.63) is 113 Å². The maximum atomic E-state index is 9.68. The van der Waals surface area contributed by atoms with Gasteiger partial charge in [-0.05, 0) is 41.0 Å². The maximum Gasteiger partial charge on any atom is 0.193 e. The molecule has 5 rings (SSSR count). The van der Waals surface area contributed by atoms with E-state index in [0.29, 0.717) is 18.2 Å². The minimum absolute atomic E-state index is 0.0702. The molecule has 194 valence electrons. The van der Waals surface area contributed by atoms with Crippen LogP contribution in [0, 0.1) is 0 Å². The van der Waals surface area contributed by atoms with Gasteiger partial charge in [0, 0.05) is 6.20 Å². The van der Waals surface area contributed by atoms with Gasteiger partial charge in [-0.25, -0.2) is 9.67 Å². The molecular formula is C29H28N4O4S. The fourth-order valence-electron chi connectivity index (χ4n) is 4.43. The molecule has 0 aliphatic rings. The second kappa shape index (κ2) is 11.6. The van der Waals surface area contributed by atoms with Crippen LogP contribution in [-0.2, 0) is 23.5 Å². The predicted octanol–water partition coefficient (Wildman–Crippen LogP) is 4.92. The predicted molar refractivity (Wildman–Crippen MR) is 145 cm³/mol. The third kappa shape index (κ3) is 5.04. The van der Waals surface area contributed by atoms with Crippen molar-refractivity contribution in [2.75, 3.05) is 20.8 Å². The minimum Gasteiger partial charge on any atom is -0.497 e. The van der Waals surface area contributed by atoms with E-state index >= 15 is 0 Å². The average Bonchev–Trinajstić information content (AvgIpc) is 3.65. The van der Waals surface area contributed by atoms with Gasteiger partial charge in [0.25, 0.3) is 0 Å². The summed E-state index contributed by atoms with van der Waals surface area (Å²) in [6.45, 7) is 0.367. The molecule has 0 aliphatic heterocycles. The molecule has 2 heterocycles. The van der Waals surface area contributed by atoms with Crippen LogP contribution in [0.25, 0.3) is 10.7 Å². The molecule has 1 N–H and O–H groups in total. The van der Waals surface area contributed by atoms with Crippen LogP contribution in [0.15, 0.2) is 90.6 Å². The Hall–Kier alpha value is -4.05. The molecular weight excluding hydrogens is 500 g/mol. The van der Waals surface area contributed by atoms with Gasteiger partial charge in [-0.15, -0.1) is 16.4 Å². The number of aliphatic hydroxyl groups is 1. The second-order valence-electron chi connectivity index (χ2n) is 8.46. The molecule has 0 unspecified atom stereocenters. The van der Waals surface area contributed by atoms with Gasteiger partial charge >= 0.3 is 0 Å². The van der Waals surface area contributed by atoms with Gasteiger partial charge in [0.15, 0.2) is 11.6 Å². The van der Waals surface area contributed by atoms with Crippen molar-refractivity contribution in [2.24, 2.45) is 0 Å². The first-order valence-electron chi connectivity index (χ1n) is 12.1. The number of thiazole rings is 1. The molecule has 38 heavy (non-hydrogen) atoms. The highest BCUT2D eigenvalue weighted by Gasteiger charge is 2.38. The molecule has 0 bridgehead atoms. The molecule has 0 saturated carbocycles. The topological polar surface area (TPSA) is 91.5 Å². The summed E-state index contributed by atoms with van der Waals surface area (Å²) in [5, 5.41) is 14.3. The van der Waals surface area contributed by atoms with E-state index in [1.165, 1.54) is 11.3 Å². The number of hydrogen-bond acceptors (Lipinski definition) is 8. The lowest BCUT2D eigenvalue weighted by Crippen LogP contribution is -2.33. The van der Waals surface area contributed by atoms with Crippen LogP contribution in [-0.4, -0.2) is 45.7 Å². The molecule has 2 aromatic heterocycles. The number of nitrogens with zero attached hydrogens (tertiary/aromatic N) is 4. The summed E-state index contributed by atoms with van der Waals surface area (Å²) < 4.78 is 19.5. The lowest BCUT2D eigenvalue weighted by Gasteiger charge is -2.36. The Bertz CT molecular complexity index is 1390. The number of benzene rings is 3. The Labute approximate surface area is 225 Å². The summed E-state index contributed by atoms with van der Waals surface area (Å²) >= 11 is 1.46. The standard InChI is InChI=1S/C29H28N4O4S/c1-35-24-12-8-22(9-13-24)29(21-6-4-3-5-7-21,23-10-14-25(36-2)15-11-23)37-19-27-31-28(26-18-30-20-38-26)32-33(27)16-17-34/h3-15,18,20,34H,16-17,19H2,1-2H3. The molecule has 5 aromatic rings. The van der Waals surface area contributed by atoms with Crippen molar-refractivity contribution in [3.8, 4) is 22.2 Å². The summed E-state index contributed by atoms with van der Waals surface area (Å²) in [5.41, 5.74) is 3.55. The molecule has 0 amide bonds. The smallest absolute Gasteiger partial charge is 0.193 e. The highest BCUT2D eigenvalue weighted by Crippen LogP contribution is 2.42. The van der Waals surface area contributed by atoms with E-state index < -0.39 is 5.60 Å². The monoisotopic (exact) mass is 528 g/mol. The average molecular weight is 529 g/mol. The van der Waals surface area contributed by atoms with Gasteiger partial charge in [-0.2, -0.15) is 0 Å². The molecule has 0 saturated heterocycles. The lowest BCUT2D eigenvalue weighted by molar-refractivity contribution is -0.00517. The first-order chi connectivity index (χ1) is 18.7. The number of hydrogen-bond donors (Lipinski definition) is 1. The first-order valence-corrected chi connectivity index (χ1v) is 13.0. The number of ether oxygens (including phenoxy) is 3. The molecule has 8 nitrogen and oxygen atoms in total. The Morgan fingerprint density at radius 3 is 1.97 bits per heavy atom. The van der Waals surface area contributed by atoms with Crippen molar-refractivity contribution in [2.45, 2.75) is 18.8 Å².